The molecular formula is C32H28Cl3N3. The molecule has 0 amide bonds. The van der Waals surface area contributed by atoms with Crippen molar-refractivity contribution in [3.63, 3.8) is 0 Å². The van der Waals surface area contributed by atoms with Crippen LogP contribution >= 0.6 is 34.8 Å². The third-order valence-electron chi connectivity index (χ3n) is 7.55. The Morgan fingerprint density at radius 3 is 1.66 bits per heavy atom. The van der Waals surface area contributed by atoms with Crippen LogP contribution in [0.4, 0.5) is 0 Å². The van der Waals surface area contributed by atoms with Gasteiger partial charge in [0.15, 0.2) is 0 Å². The normalized spacial score (nSPS) is 15.8. The minimum absolute atomic E-state index is 0.108. The molecule has 2 heterocycles. The van der Waals surface area contributed by atoms with Gasteiger partial charge >= 0.3 is 0 Å². The first-order valence-electron chi connectivity index (χ1n) is 12.9. The number of halogens is 3. The molecule has 1 fully saturated rings. The van der Waals surface area contributed by atoms with Crippen molar-refractivity contribution in [2.75, 3.05) is 26.2 Å². The van der Waals surface area contributed by atoms with Crippen molar-refractivity contribution < 1.29 is 0 Å². The zero-order chi connectivity index (χ0) is 26.1. The van der Waals surface area contributed by atoms with Crippen LogP contribution in [0.15, 0.2) is 103 Å². The molecule has 1 atom stereocenters. The smallest absolute Gasteiger partial charge is 0.0624 e. The average Bonchev–Trinajstić information content (AvgIpc) is 3.38. The Balaban J connectivity index is 1.32. The van der Waals surface area contributed by atoms with Crippen LogP contribution in [-0.4, -0.2) is 41.0 Å². The molecule has 0 radical (unpaired) electrons. The summed E-state index contributed by atoms with van der Waals surface area (Å²) in [5, 5.41) is 3.38. The Labute approximate surface area is 238 Å². The van der Waals surface area contributed by atoms with E-state index in [1.54, 1.807) is 0 Å². The van der Waals surface area contributed by atoms with Gasteiger partial charge in [0.2, 0.25) is 0 Å². The molecule has 1 aliphatic heterocycles. The third-order valence-corrected chi connectivity index (χ3v) is 8.36. The summed E-state index contributed by atoms with van der Waals surface area (Å²) in [5.41, 5.74) is 6.02. The van der Waals surface area contributed by atoms with Crippen LogP contribution in [0.2, 0.25) is 15.1 Å². The van der Waals surface area contributed by atoms with Gasteiger partial charge in [-0.1, -0.05) is 95.5 Å². The maximum Gasteiger partial charge on any atom is 0.0624 e. The maximum absolute atomic E-state index is 6.73. The summed E-state index contributed by atoms with van der Waals surface area (Å²) in [5.74, 6) is 0. The highest BCUT2D eigenvalue weighted by molar-refractivity contribution is 6.35. The molecule has 1 saturated heterocycles. The molecule has 0 bridgehead atoms. The first kappa shape index (κ1) is 25.5. The summed E-state index contributed by atoms with van der Waals surface area (Å²) < 4.78 is 0. The molecule has 1 aliphatic rings. The van der Waals surface area contributed by atoms with Crippen LogP contribution in [0.25, 0.3) is 10.9 Å². The lowest BCUT2D eigenvalue weighted by molar-refractivity contribution is 0.0902. The summed E-state index contributed by atoms with van der Waals surface area (Å²) in [6.07, 6.45) is 2.13. The van der Waals surface area contributed by atoms with Gasteiger partial charge < -0.3 is 4.98 Å². The Kier molecular flexibility index (Phi) is 7.47. The summed E-state index contributed by atoms with van der Waals surface area (Å²) in [7, 11) is 0. The van der Waals surface area contributed by atoms with Crippen LogP contribution in [0.5, 0.6) is 0 Å². The number of aromatic nitrogens is 1. The molecular weight excluding hydrogens is 533 g/mol. The topological polar surface area (TPSA) is 22.3 Å². The van der Waals surface area contributed by atoms with Gasteiger partial charge in [0.1, 0.15) is 0 Å². The summed E-state index contributed by atoms with van der Waals surface area (Å²) in [6.45, 7) is 3.70. The number of hydrogen-bond donors (Lipinski definition) is 1. The lowest BCUT2D eigenvalue weighted by atomic mass is 9.94. The van der Waals surface area contributed by atoms with Crippen LogP contribution < -0.4 is 0 Å². The molecule has 4 aromatic carbocycles. The summed E-state index contributed by atoms with van der Waals surface area (Å²) in [4.78, 5) is 8.60. The molecule has 1 aromatic heterocycles. The standard InChI is InChI=1S/C32H28Cl3N3/c33-25-13-9-23(10-14-25)31(24-11-15-26(34)16-12-24)37-17-19-38(20-18-37)32(22-5-2-1-3-6-22)27-21-36-29-8-4-7-28(35)30(27)29/h1-16,21,31-32,36H,17-20H2. The number of nitrogens with zero attached hydrogens (tertiary/aromatic N) is 2. The van der Waals surface area contributed by atoms with E-state index in [0.717, 1.165) is 52.1 Å². The van der Waals surface area contributed by atoms with Crippen LogP contribution in [0.3, 0.4) is 0 Å². The molecule has 6 heteroatoms. The van der Waals surface area contributed by atoms with Gasteiger partial charge in [-0.05, 0) is 53.1 Å². The highest BCUT2D eigenvalue weighted by Gasteiger charge is 2.32. The van der Waals surface area contributed by atoms with Gasteiger partial charge in [0, 0.05) is 58.9 Å². The average molecular weight is 561 g/mol. The largest absolute Gasteiger partial charge is 0.361 e. The van der Waals surface area contributed by atoms with Gasteiger partial charge in [-0.15, -0.1) is 0 Å². The van der Waals surface area contributed by atoms with Crippen LogP contribution in [0.1, 0.15) is 34.3 Å². The van der Waals surface area contributed by atoms with Gasteiger partial charge in [-0.2, -0.15) is 0 Å². The number of piperazine rings is 1. The predicted octanol–water partition coefficient (Wildman–Crippen LogP) is 8.62. The number of H-pyrrole nitrogens is 1. The van der Waals surface area contributed by atoms with Crippen molar-refractivity contribution in [2.45, 2.75) is 12.1 Å². The molecule has 0 saturated carbocycles. The molecule has 1 unspecified atom stereocenters. The fourth-order valence-electron chi connectivity index (χ4n) is 5.76. The van der Waals surface area contributed by atoms with Crippen molar-refractivity contribution >= 4 is 45.7 Å². The van der Waals surface area contributed by atoms with Gasteiger partial charge in [-0.3, -0.25) is 9.80 Å². The minimum Gasteiger partial charge on any atom is -0.361 e. The van der Waals surface area contributed by atoms with E-state index in [1.807, 2.05) is 36.4 Å². The van der Waals surface area contributed by atoms with Crippen molar-refractivity contribution in [3.8, 4) is 0 Å². The highest BCUT2D eigenvalue weighted by atomic mass is 35.5. The summed E-state index contributed by atoms with van der Waals surface area (Å²) in [6, 6.07) is 33.5. The number of rotatable bonds is 6. The van der Waals surface area contributed by atoms with E-state index in [2.05, 4.69) is 81.6 Å². The van der Waals surface area contributed by atoms with Crippen molar-refractivity contribution in [2.24, 2.45) is 0 Å². The molecule has 6 rings (SSSR count). The number of benzene rings is 4. The molecule has 5 aromatic rings. The van der Waals surface area contributed by atoms with Crippen molar-refractivity contribution in [1.29, 1.82) is 0 Å². The van der Waals surface area contributed by atoms with Crippen molar-refractivity contribution in [3.05, 3.63) is 141 Å². The fraction of sp³-hybridized carbons (Fsp3) is 0.188. The fourth-order valence-corrected chi connectivity index (χ4v) is 6.30. The number of fused-ring (bicyclic) bond motifs is 1. The van der Waals surface area contributed by atoms with Gasteiger partial charge in [0.05, 0.1) is 17.1 Å². The molecule has 192 valence electrons. The van der Waals surface area contributed by atoms with Crippen LogP contribution in [0, 0.1) is 0 Å². The lowest BCUT2D eigenvalue weighted by Gasteiger charge is -2.43. The Hall–Kier alpha value is -2.79. The zero-order valence-electron chi connectivity index (χ0n) is 20.8. The molecule has 1 N–H and O–H groups in total. The van der Waals surface area contributed by atoms with E-state index in [4.69, 9.17) is 34.8 Å². The maximum atomic E-state index is 6.73. The van der Waals surface area contributed by atoms with E-state index in [1.165, 1.54) is 22.3 Å². The quantitative estimate of drug-likeness (QED) is 0.225. The van der Waals surface area contributed by atoms with E-state index in [0.29, 0.717) is 0 Å². The Morgan fingerprint density at radius 1 is 0.553 bits per heavy atom. The highest BCUT2D eigenvalue weighted by Crippen LogP contribution is 2.38. The first-order valence-corrected chi connectivity index (χ1v) is 14.0. The van der Waals surface area contributed by atoms with Crippen LogP contribution in [-0.2, 0) is 0 Å². The molecule has 0 spiro atoms. The third kappa shape index (κ3) is 5.10. The van der Waals surface area contributed by atoms with Gasteiger partial charge in [0.25, 0.3) is 0 Å². The number of nitrogens with one attached hydrogen (secondary N) is 1. The monoisotopic (exact) mass is 559 g/mol. The van der Waals surface area contributed by atoms with Crippen molar-refractivity contribution in [1.82, 2.24) is 14.8 Å². The molecule has 0 aliphatic carbocycles. The van der Waals surface area contributed by atoms with E-state index < -0.39 is 0 Å². The second-order valence-corrected chi connectivity index (χ2v) is 11.1. The van der Waals surface area contributed by atoms with E-state index >= 15 is 0 Å². The number of aromatic amines is 1. The van der Waals surface area contributed by atoms with E-state index in [9.17, 15) is 0 Å². The first-order chi connectivity index (χ1) is 18.6. The van der Waals surface area contributed by atoms with Gasteiger partial charge in [-0.25, -0.2) is 0 Å². The minimum atomic E-state index is 0.108. The van der Waals surface area contributed by atoms with E-state index in [-0.39, 0.29) is 12.1 Å². The Morgan fingerprint density at radius 2 is 1.08 bits per heavy atom. The SMILES string of the molecule is Clc1ccc(C(c2ccc(Cl)cc2)N2CCN(C(c3ccccc3)c3c[nH]c4cccc(Cl)c34)CC2)cc1. The second-order valence-electron chi connectivity index (χ2n) is 9.80. The predicted molar refractivity (Wildman–Crippen MR) is 159 cm³/mol. The zero-order valence-corrected chi connectivity index (χ0v) is 23.1. The summed E-state index contributed by atoms with van der Waals surface area (Å²) >= 11 is 19.2. The Bertz CT molecular complexity index is 1460. The molecule has 38 heavy (non-hydrogen) atoms. The molecule has 3 nitrogen and oxygen atoms in total. The lowest BCUT2D eigenvalue weighted by Crippen LogP contribution is -2.49. The second kappa shape index (κ2) is 11.1. The number of hydrogen-bond acceptors (Lipinski definition) is 2.